The van der Waals surface area contributed by atoms with Crippen LogP contribution in [-0.2, 0) is 11.3 Å². The SMILES string of the molecule is Cc1cc(N)cc(C2CN(Cc3cc(C)on3)CCO2)n1. The highest BCUT2D eigenvalue weighted by molar-refractivity contribution is 5.40. The monoisotopic (exact) mass is 288 g/mol. The molecule has 0 aliphatic carbocycles. The number of aryl methyl sites for hydroxylation is 2. The molecule has 6 nitrogen and oxygen atoms in total. The summed E-state index contributed by atoms with van der Waals surface area (Å²) in [5, 5.41) is 4.04. The van der Waals surface area contributed by atoms with Gasteiger partial charge >= 0.3 is 0 Å². The summed E-state index contributed by atoms with van der Waals surface area (Å²) < 4.78 is 11.0. The van der Waals surface area contributed by atoms with Crippen LogP contribution in [0.2, 0.25) is 0 Å². The maximum Gasteiger partial charge on any atom is 0.133 e. The van der Waals surface area contributed by atoms with E-state index in [0.29, 0.717) is 6.61 Å². The summed E-state index contributed by atoms with van der Waals surface area (Å²) in [6.45, 7) is 6.94. The molecule has 21 heavy (non-hydrogen) atoms. The molecule has 3 heterocycles. The van der Waals surface area contributed by atoms with Crippen LogP contribution in [-0.4, -0.2) is 34.7 Å². The lowest BCUT2D eigenvalue weighted by atomic mass is 10.1. The zero-order valence-electron chi connectivity index (χ0n) is 12.4. The van der Waals surface area contributed by atoms with Crippen LogP contribution >= 0.6 is 0 Å². The Morgan fingerprint density at radius 1 is 1.33 bits per heavy atom. The first-order valence-corrected chi connectivity index (χ1v) is 7.10. The predicted molar refractivity (Wildman–Crippen MR) is 78.6 cm³/mol. The van der Waals surface area contributed by atoms with Gasteiger partial charge in [0.2, 0.25) is 0 Å². The average molecular weight is 288 g/mol. The van der Waals surface area contributed by atoms with Crippen LogP contribution in [0.15, 0.2) is 22.7 Å². The van der Waals surface area contributed by atoms with Crippen molar-refractivity contribution in [1.29, 1.82) is 0 Å². The number of nitrogens with two attached hydrogens (primary N) is 1. The smallest absolute Gasteiger partial charge is 0.133 e. The molecule has 0 radical (unpaired) electrons. The van der Waals surface area contributed by atoms with E-state index in [1.165, 1.54) is 0 Å². The molecule has 0 saturated carbocycles. The Morgan fingerprint density at radius 3 is 2.90 bits per heavy atom. The van der Waals surface area contributed by atoms with Crippen LogP contribution in [0.3, 0.4) is 0 Å². The Morgan fingerprint density at radius 2 is 2.19 bits per heavy atom. The molecule has 2 aromatic heterocycles. The van der Waals surface area contributed by atoms with E-state index >= 15 is 0 Å². The van der Waals surface area contributed by atoms with E-state index in [-0.39, 0.29) is 6.10 Å². The molecule has 1 saturated heterocycles. The van der Waals surface area contributed by atoms with E-state index in [1.54, 1.807) is 0 Å². The lowest BCUT2D eigenvalue weighted by Gasteiger charge is -2.32. The molecule has 1 atom stereocenters. The van der Waals surface area contributed by atoms with Gasteiger partial charge in [-0.1, -0.05) is 5.16 Å². The predicted octanol–water partition coefficient (Wildman–Crippen LogP) is 1.84. The van der Waals surface area contributed by atoms with E-state index in [2.05, 4.69) is 15.0 Å². The van der Waals surface area contributed by atoms with E-state index in [4.69, 9.17) is 15.0 Å². The van der Waals surface area contributed by atoms with Gasteiger partial charge in [0.15, 0.2) is 0 Å². The second-order valence-corrected chi connectivity index (χ2v) is 5.49. The number of ether oxygens (including phenoxy) is 1. The second kappa shape index (κ2) is 5.83. The second-order valence-electron chi connectivity index (χ2n) is 5.49. The third-order valence-corrected chi connectivity index (χ3v) is 3.54. The fourth-order valence-corrected chi connectivity index (χ4v) is 2.63. The number of hydrogen-bond donors (Lipinski definition) is 1. The maximum absolute atomic E-state index is 5.90. The van der Waals surface area contributed by atoms with Gasteiger partial charge in [0, 0.05) is 37.1 Å². The van der Waals surface area contributed by atoms with Crippen molar-refractivity contribution in [2.75, 3.05) is 25.4 Å². The van der Waals surface area contributed by atoms with Gasteiger partial charge in [0.05, 0.1) is 18.0 Å². The zero-order chi connectivity index (χ0) is 14.8. The molecular weight excluding hydrogens is 268 g/mol. The first-order chi connectivity index (χ1) is 10.1. The van der Waals surface area contributed by atoms with Gasteiger partial charge in [-0.25, -0.2) is 0 Å². The highest BCUT2D eigenvalue weighted by Crippen LogP contribution is 2.23. The Labute approximate surface area is 123 Å². The number of hydrogen-bond acceptors (Lipinski definition) is 6. The number of rotatable bonds is 3. The third kappa shape index (κ3) is 3.40. The molecule has 1 unspecified atom stereocenters. The quantitative estimate of drug-likeness (QED) is 0.928. The van der Waals surface area contributed by atoms with Crippen molar-refractivity contribution < 1.29 is 9.26 Å². The Kier molecular flexibility index (Phi) is 3.90. The van der Waals surface area contributed by atoms with Crippen LogP contribution in [0.1, 0.15) is 28.9 Å². The van der Waals surface area contributed by atoms with Crippen molar-refractivity contribution in [2.45, 2.75) is 26.5 Å². The van der Waals surface area contributed by atoms with Crippen molar-refractivity contribution >= 4 is 5.69 Å². The maximum atomic E-state index is 5.90. The van der Waals surface area contributed by atoms with Crippen molar-refractivity contribution in [1.82, 2.24) is 15.0 Å². The van der Waals surface area contributed by atoms with Gasteiger partial charge in [-0.05, 0) is 26.0 Å². The fraction of sp³-hybridized carbons (Fsp3) is 0.467. The summed E-state index contributed by atoms with van der Waals surface area (Å²) in [5.74, 6) is 0.836. The van der Waals surface area contributed by atoms with Crippen molar-refractivity contribution in [2.24, 2.45) is 0 Å². The normalized spacial score (nSPS) is 19.8. The number of nitrogens with zero attached hydrogens (tertiary/aromatic N) is 3. The van der Waals surface area contributed by atoms with Crippen LogP contribution in [0.25, 0.3) is 0 Å². The summed E-state index contributed by atoms with van der Waals surface area (Å²) in [4.78, 5) is 6.83. The summed E-state index contributed by atoms with van der Waals surface area (Å²) in [5.41, 5.74) is 9.38. The number of nitrogen functional groups attached to an aromatic ring is 1. The highest BCUT2D eigenvalue weighted by Gasteiger charge is 2.24. The van der Waals surface area contributed by atoms with E-state index in [9.17, 15) is 0 Å². The zero-order valence-corrected chi connectivity index (χ0v) is 12.4. The van der Waals surface area contributed by atoms with Crippen LogP contribution < -0.4 is 5.73 Å². The Hall–Kier alpha value is -1.92. The molecule has 1 fully saturated rings. The number of pyridine rings is 1. The molecule has 2 aromatic rings. The van der Waals surface area contributed by atoms with Crippen molar-refractivity contribution in [3.8, 4) is 0 Å². The first-order valence-electron chi connectivity index (χ1n) is 7.10. The van der Waals surface area contributed by atoms with Crippen molar-refractivity contribution in [3.63, 3.8) is 0 Å². The molecule has 3 rings (SSSR count). The van der Waals surface area contributed by atoms with E-state index in [1.807, 2.05) is 32.0 Å². The molecule has 0 bridgehead atoms. The number of aromatic nitrogens is 2. The van der Waals surface area contributed by atoms with Gasteiger partial charge in [-0.2, -0.15) is 0 Å². The minimum atomic E-state index is -0.0473. The van der Waals surface area contributed by atoms with E-state index < -0.39 is 0 Å². The van der Waals surface area contributed by atoms with Crippen molar-refractivity contribution in [3.05, 3.63) is 41.0 Å². The third-order valence-electron chi connectivity index (χ3n) is 3.54. The molecule has 0 aromatic carbocycles. The summed E-state index contributed by atoms with van der Waals surface area (Å²) in [6, 6.07) is 5.72. The lowest BCUT2D eigenvalue weighted by molar-refractivity contribution is -0.0355. The summed E-state index contributed by atoms with van der Waals surface area (Å²) in [6.07, 6.45) is -0.0473. The van der Waals surface area contributed by atoms with Gasteiger partial charge in [0.25, 0.3) is 0 Å². The standard InChI is InChI=1S/C15H20N4O2/c1-10-5-12(16)7-14(17-10)15-9-19(3-4-20-15)8-13-6-11(2)21-18-13/h5-7,15H,3-4,8-9H2,1-2H3,(H2,16,17). The van der Waals surface area contributed by atoms with Crippen LogP contribution in [0, 0.1) is 13.8 Å². The largest absolute Gasteiger partial charge is 0.399 e. The topological polar surface area (TPSA) is 77.4 Å². The Balaban J connectivity index is 1.70. The molecular formula is C15H20N4O2. The molecule has 2 N–H and O–H groups in total. The highest BCUT2D eigenvalue weighted by atomic mass is 16.5. The molecule has 112 valence electrons. The minimum Gasteiger partial charge on any atom is -0.399 e. The van der Waals surface area contributed by atoms with E-state index in [0.717, 1.165) is 48.2 Å². The number of anilines is 1. The van der Waals surface area contributed by atoms with Crippen LogP contribution in [0.4, 0.5) is 5.69 Å². The lowest BCUT2D eigenvalue weighted by Crippen LogP contribution is -2.38. The first kappa shape index (κ1) is 14.0. The summed E-state index contributed by atoms with van der Waals surface area (Å²) in [7, 11) is 0. The summed E-state index contributed by atoms with van der Waals surface area (Å²) >= 11 is 0. The molecule has 1 aliphatic heterocycles. The molecule has 6 heteroatoms. The molecule has 1 aliphatic rings. The average Bonchev–Trinajstić information content (AvgIpc) is 2.83. The Bertz CT molecular complexity index is 606. The van der Waals surface area contributed by atoms with Gasteiger partial charge in [-0.3, -0.25) is 9.88 Å². The molecule has 0 amide bonds. The minimum absolute atomic E-state index is 0.0473. The van der Waals surface area contributed by atoms with Gasteiger partial charge in [0.1, 0.15) is 11.9 Å². The fourth-order valence-electron chi connectivity index (χ4n) is 2.63. The van der Waals surface area contributed by atoms with Gasteiger partial charge in [-0.15, -0.1) is 0 Å². The number of morpholine rings is 1. The van der Waals surface area contributed by atoms with Gasteiger partial charge < -0.3 is 15.0 Å². The van der Waals surface area contributed by atoms with Crippen LogP contribution in [0.5, 0.6) is 0 Å². The molecule has 0 spiro atoms.